The van der Waals surface area contributed by atoms with E-state index in [2.05, 4.69) is 10.2 Å². The minimum absolute atomic E-state index is 0.0555. The number of non-ortho nitro benzene ring substituents is 1. The Labute approximate surface area is 150 Å². The molecule has 1 aliphatic rings. The van der Waals surface area contributed by atoms with E-state index in [-0.39, 0.29) is 12.5 Å². The lowest BCUT2D eigenvalue weighted by molar-refractivity contribution is -0.384. The first-order valence-electron chi connectivity index (χ1n) is 7.68. The molecule has 2 aromatic carbocycles. The highest BCUT2D eigenvalue weighted by Crippen LogP contribution is 2.37. The number of hydrogen-bond donors (Lipinski definition) is 0. The number of fused-ring (bicyclic) bond motifs is 2. The molecule has 0 fully saturated rings. The van der Waals surface area contributed by atoms with Gasteiger partial charge in [-0.1, -0.05) is 0 Å². The molecule has 4 aromatic rings. The minimum atomic E-state index is -0.413. The van der Waals surface area contributed by atoms with E-state index in [9.17, 15) is 10.1 Å². The standard InChI is InChI=1S/C17H10N4O4S/c22-21(23)12-4-1-10(2-5-12)13-8-26-17-19-18-16(20(13)17)11-3-6-14-15(7-11)25-9-24-14/h1-8H,9H2. The lowest BCUT2D eigenvalue weighted by Gasteiger charge is -2.04. The molecule has 2 aromatic heterocycles. The summed E-state index contributed by atoms with van der Waals surface area (Å²) in [6.07, 6.45) is 0. The third kappa shape index (κ3) is 2.21. The molecule has 1 aliphatic heterocycles. The zero-order valence-electron chi connectivity index (χ0n) is 13.2. The predicted octanol–water partition coefficient (Wildman–Crippen LogP) is 3.76. The van der Waals surface area contributed by atoms with E-state index in [0.717, 1.165) is 21.8 Å². The normalized spacial score (nSPS) is 12.6. The molecule has 0 bridgehead atoms. The van der Waals surface area contributed by atoms with E-state index in [1.54, 1.807) is 12.1 Å². The summed E-state index contributed by atoms with van der Waals surface area (Å²) in [5.41, 5.74) is 2.63. The van der Waals surface area contributed by atoms with Gasteiger partial charge in [-0.2, -0.15) is 0 Å². The average molecular weight is 366 g/mol. The maximum absolute atomic E-state index is 10.9. The van der Waals surface area contributed by atoms with Gasteiger partial charge in [0.15, 0.2) is 17.3 Å². The summed E-state index contributed by atoms with van der Waals surface area (Å²) < 4.78 is 12.7. The van der Waals surface area contributed by atoms with Crippen LogP contribution in [0.1, 0.15) is 0 Å². The monoisotopic (exact) mass is 366 g/mol. The van der Waals surface area contributed by atoms with Crippen LogP contribution in [0.4, 0.5) is 5.69 Å². The van der Waals surface area contributed by atoms with Gasteiger partial charge in [0.05, 0.1) is 10.6 Å². The van der Waals surface area contributed by atoms with Gasteiger partial charge in [0, 0.05) is 23.1 Å². The molecule has 9 heteroatoms. The number of hydrogen-bond acceptors (Lipinski definition) is 7. The molecule has 0 spiro atoms. The van der Waals surface area contributed by atoms with Gasteiger partial charge < -0.3 is 9.47 Å². The van der Waals surface area contributed by atoms with Gasteiger partial charge in [-0.05, 0) is 35.9 Å². The van der Waals surface area contributed by atoms with Gasteiger partial charge in [0.2, 0.25) is 11.8 Å². The number of aromatic nitrogens is 3. The highest BCUT2D eigenvalue weighted by Gasteiger charge is 2.19. The first-order chi connectivity index (χ1) is 12.7. The Hall–Kier alpha value is -3.46. The summed E-state index contributed by atoms with van der Waals surface area (Å²) in [5, 5.41) is 21.4. The van der Waals surface area contributed by atoms with Crippen LogP contribution in [-0.2, 0) is 0 Å². The molecule has 0 radical (unpaired) electrons. The zero-order chi connectivity index (χ0) is 17.7. The van der Waals surface area contributed by atoms with E-state index in [1.807, 2.05) is 28.0 Å². The molecule has 128 valence electrons. The van der Waals surface area contributed by atoms with Crippen molar-refractivity contribution >= 4 is 22.0 Å². The quantitative estimate of drug-likeness (QED) is 0.405. The van der Waals surface area contributed by atoms with E-state index in [1.165, 1.54) is 23.5 Å². The molecule has 0 saturated carbocycles. The molecule has 0 unspecified atom stereocenters. The van der Waals surface area contributed by atoms with Crippen LogP contribution in [-0.4, -0.2) is 26.3 Å². The minimum Gasteiger partial charge on any atom is -0.454 e. The molecule has 0 atom stereocenters. The second-order valence-corrected chi connectivity index (χ2v) is 6.47. The maximum atomic E-state index is 10.9. The van der Waals surface area contributed by atoms with Crippen LogP contribution in [0, 0.1) is 10.1 Å². The van der Waals surface area contributed by atoms with Crippen LogP contribution in [0.25, 0.3) is 27.6 Å². The summed E-state index contributed by atoms with van der Waals surface area (Å²) in [7, 11) is 0. The first-order valence-corrected chi connectivity index (χ1v) is 8.56. The van der Waals surface area contributed by atoms with E-state index in [4.69, 9.17) is 9.47 Å². The SMILES string of the molecule is O=[N+]([O-])c1ccc(-c2csc3nnc(-c4ccc5c(c4)OCO5)n23)cc1. The smallest absolute Gasteiger partial charge is 0.269 e. The second kappa shape index (κ2) is 5.53. The molecule has 3 heterocycles. The Balaban J connectivity index is 1.64. The van der Waals surface area contributed by atoms with E-state index >= 15 is 0 Å². The molecule has 8 nitrogen and oxygen atoms in total. The van der Waals surface area contributed by atoms with Crippen LogP contribution in [0.2, 0.25) is 0 Å². The first kappa shape index (κ1) is 14.8. The van der Waals surface area contributed by atoms with Crippen molar-refractivity contribution in [3.8, 4) is 34.1 Å². The Kier molecular flexibility index (Phi) is 3.16. The fourth-order valence-corrected chi connectivity index (χ4v) is 3.74. The van der Waals surface area contributed by atoms with Crippen LogP contribution >= 0.6 is 11.3 Å². The van der Waals surface area contributed by atoms with Crippen LogP contribution in [0.5, 0.6) is 11.5 Å². The molecule has 5 rings (SSSR count). The average Bonchev–Trinajstić information content (AvgIpc) is 3.37. The lowest BCUT2D eigenvalue weighted by Crippen LogP contribution is -1.93. The van der Waals surface area contributed by atoms with Gasteiger partial charge >= 0.3 is 0 Å². The summed E-state index contributed by atoms with van der Waals surface area (Å²) in [5.74, 6) is 2.05. The van der Waals surface area contributed by atoms with Crippen molar-refractivity contribution in [2.75, 3.05) is 6.79 Å². The topological polar surface area (TPSA) is 91.8 Å². The molecule has 0 amide bonds. The summed E-state index contributed by atoms with van der Waals surface area (Å²) in [6.45, 7) is 0.209. The Morgan fingerprint density at radius 2 is 1.81 bits per heavy atom. The lowest BCUT2D eigenvalue weighted by atomic mass is 10.1. The van der Waals surface area contributed by atoms with Gasteiger partial charge in [-0.3, -0.25) is 14.5 Å². The van der Waals surface area contributed by atoms with Crippen LogP contribution < -0.4 is 9.47 Å². The number of benzene rings is 2. The Morgan fingerprint density at radius 1 is 1.04 bits per heavy atom. The number of nitrogens with zero attached hydrogens (tertiary/aromatic N) is 4. The predicted molar refractivity (Wildman–Crippen MR) is 94.5 cm³/mol. The zero-order valence-corrected chi connectivity index (χ0v) is 14.0. The van der Waals surface area contributed by atoms with Crippen LogP contribution in [0.3, 0.4) is 0 Å². The third-order valence-corrected chi connectivity index (χ3v) is 4.97. The van der Waals surface area contributed by atoms with Crippen molar-refractivity contribution in [1.29, 1.82) is 0 Å². The highest BCUT2D eigenvalue weighted by molar-refractivity contribution is 7.15. The fourth-order valence-electron chi connectivity index (χ4n) is 2.90. The largest absolute Gasteiger partial charge is 0.454 e. The summed E-state index contributed by atoms with van der Waals surface area (Å²) in [6, 6.07) is 12.0. The molecular weight excluding hydrogens is 356 g/mol. The number of thiazole rings is 1. The third-order valence-electron chi connectivity index (χ3n) is 4.15. The number of ether oxygens (including phenoxy) is 2. The van der Waals surface area contributed by atoms with Gasteiger partial charge in [-0.15, -0.1) is 21.5 Å². The molecule has 0 N–H and O–H groups in total. The molecular formula is C17H10N4O4S. The van der Waals surface area contributed by atoms with Gasteiger partial charge in [0.1, 0.15) is 0 Å². The molecule has 0 aliphatic carbocycles. The van der Waals surface area contributed by atoms with E-state index < -0.39 is 4.92 Å². The van der Waals surface area contributed by atoms with Gasteiger partial charge in [-0.25, -0.2) is 0 Å². The van der Waals surface area contributed by atoms with Crippen molar-refractivity contribution in [3.05, 3.63) is 58.0 Å². The van der Waals surface area contributed by atoms with Crippen LogP contribution in [0.15, 0.2) is 47.8 Å². The Bertz CT molecular complexity index is 1150. The number of nitro groups is 1. The van der Waals surface area contributed by atoms with Gasteiger partial charge in [0.25, 0.3) is 5.69 Å². The Morgan fingerprint density at radius 3 is 2.62 bits per heavy atom. The summed E-state index contributed by atoms with van der Waals surface area (Å²) >= 11 is 1.46. The van der Waals surface area contributed by atoms with E-state index in [0.29, 0.717) is 17.3 Å². The summed E-state index contributed by atoms with van der Waals surface area (Å²) in [4.78, 5) is 11.2. The second-order valence-electron chi connectivity index (χ2n) is 5.63. The number of nitro benzene ring substituents is 1. The maximum Gasteiger partial charge on any atom is 0.269 e. The number of rotatable bonds is 3. The van der Waals surface area contributed by atoms with Crippen molar-refractivity contribution in [2.45, 2.75) is 0 Å². The highest BCUT2D eigenvalue weighted by atomic mass is 32.1. The van der Waals surface area contributed by atoms with Crippen molar-refractivity contribution in [3.63, 3.8) is 0 Å². The van der Waals surface area contributed by atoms with Crippen molar-refractivity contribution < 1.29 is 14.4 Å². The fraction of sp³-hybridized carbons (Fsp3) is 0.0588. The van der Waals surface area contributed by atoms with Crippen molar-refractivity contribution in [1.82, 2.24) is 14.6 Å². The van der Waals surface area contributed by atoms with Crippen molar-refractivity contribution in [2.24, 2.45) is 0 Å². The molecule has 0 saturated heterocycles. The molecule has 26 heavy (non-hydrogen) atoms.